The number of carbonyl (C=O) groups excluding carboxylic acids is 2. The zero-order valence-corrected chi connectivity index (χ0v) is 13.8. The summed E-state index contributed by atoms with van der Waals surface area (Å²) in [5, 5.41) is 20.7. The number of nitro benzene ring substituents is 1. The molecule has 0 atom stereocenters. The van der Waals surface area contributed by atoms with Crippen molar-refractivity contribution in [1.82, 2.24) is 0 Å². The van der Waals surface area contributed by atoms with Crippen molar-refractivity contribution in [2.45, 2.75) is 0 Å². The largest absolute Gasteiger partial charge is 0.477 e. The zero-order valence-electron chi connectivity index (χ0n) is 13.8. The second kappa shape index (κ2) is 7.61. The van der Waals surface area contributed by atoms with E-state index in [1.807, 2.05) is 0 Å². The summed E-state index contributed by atoms with van der Waals surface area (Å²) < 4.78 is 14.5. The molecular formula is C15H14N2O9. The van der Waals surface area contributed by atoms with Gasteiger partial charge in [0.2, 0.25) is 0 Å². The van der Waals surface area contributed by atoms with Crippen LogP contribution in [-0.4, -0.2) is 55.5 Å². The molecule has 1 aliphatic rings. The van der Waals surface area contributed by atoms with Gasteiger partial charge in [-0.3, -0.25) is 10.1 Å². The number of anilines is 1. The van der Waals surface area contributed by atoms with Crippen LogP contribution in [0.15, 0.2) is 29.5 Å². The molecular weight excluding hydrogens is 352 g/mol. The van der Waals surface area contributed by atoms with Crippen LogP contribution in [0.25, 0.3) is 0 Å². The zero-order chi connectivity index (χ0) is 19.4. The first-order valence-corrected chi connectivity index (χ1v) is 7.09. The van der Waals surface area contributed by atoms with E-state index in [1.54, 1.807) is 0 Å². The number of para-hydroxylation sites is 1. The first kappa shape index (κ1) is 18.9. The molecule has 1 aliphatic heterocycles. The van der Waals surface area contributed by atoms with Gasteiger partial charge in [0.1, 0.15) is 23.7 Å². The molecule has 0 fully saturated rings. The molecule has 0 saturated heterocycles. The number of carbonyl (C=O) groups is 3. The molecule has 1 aromatic carbocycles. The van der Waals surface area contributed by atoms with Gasteiger partial charge < -0.3 is 24.2 Å². The summed E-state index contributed by atoms with van der Waals surface area (Å²) in [5.41, 5.74) is -2.11. The van der Waals surface area contributed by atoms with E-state index in [2.05, 4.69) is 9.47 Å². The third-order valence-corrected chi connectivity index (χ3v) is 3.55. The van der Waals surface area contributed by atoms with Crippen LogP contribution in [0.1, 0.15) is 10.4 Å². The van der Waals surface area contributed by atoms with Gasteiger partial charge in [-0.25, -0.2) is 14.4 Å². The fraction of sp³-hybridized carbons (Fsp3) is 0.267. The fourth-order valence-electron chi connectivity index (χ4n) is 2.45. The lowest BCUT2D eigenvalue weighted by molar-refractivity contribution is -0.384. The fourth-order valence-corrected chi connectivity index (χ4v) is 2.45. The number of carboxylic acid groups (broad SMARTS) is 1. The minimum atomic E-state index is -1.52. The summed E-state index contributed by atoms with van der Waals surface area (Å²) in [5.74, 6) is -3.36. The highest BCUT2D eigenvalue weighted by Crippen LogP contribution is 2.36. The molecule has 26 heavy (non-hydrogen) atoms. The number of methoxy groups -OCH3 is 2. The summed E-state index contributed by atoms with van der Waals surface area (Å²) in [6.07, 6.45) is 0. The van der Waals surface area contributed by atoms with Crippen LogP contribution in [0.5, 0.6) is 0 Å². The molecule has 0 radical (unpaired) electrons. The Morgan fingerprint density at radius 1 is 1.23 bits per heavy atom. The lowest BCUT2D eigenvalue weighted by atomic mass is 10.1. The van der Waals surface area contributed by atoms with Crippen molar-refractivity contribution in [2.24, 2.45) is 0 Å². The summed E-state index contributed by atoms with van der Waals surface area (Å²) >= 11 is 0. The van der Waals surface area contributed by atoms with E-state index < -0.39 is 34.1 Å². The van der Waals surface area contributed by atoms with Crippen LogP contribution in [0.3, 0.4) is 0 Å². The lowest BCUT2D eigenvalue weighted by Crippen LogP contribution is -2.39. The molecule has 138 valence electrons. The summed E-state index contributed by atoms with van der Waals surface area (Å²) in [7, 11) is 2.16. The molecule has 11 heteroatoms. The lowest BCUT2D eigenvalue weighted by Gasteiger charge is -2.31. The summed E-state index contributed by atoms with van der Waals surface area (Å²) in [4.78, 5) is 47.1. The normalized spacial score (nSPS) is 14.0. The Morgan fingerprint density at radius 2 is 1.88 bits per heavy atom. The van der Waals surface area contributed by atoms with Crippen LogP contribution in [0.2, 0.25) is 0 Å². The minimum Gasteiger partial charge on any atom is -0.477 e. The quantitative estimate of drug-likeness (QED) is 0.448. The van der Waals surface area contributed by atoms with Crippen LogP contribution >= 0.6 is 0 Å². The maximum atomic E-state index is 12.2. The first-order chi connectivity index (χ1) is 12.3. The van der Waals surface area contributed by atoms with Crippen LogP contribution in [-0.2, 0) is 23.8 Å². The third-order valence-electron chi connectivity index (χ3n) is 3.55. The number of benzene rings is 1. The van der Waals surface area contributed by atoms with E-state index >= 15 is 0 Å². The van der Waals surface area contributed by atoms with Gasteiger partial charge in [-0.1, -0.05) is 6.07 Å². The van der Waals surface area contributed by atoms with Gasteiger partial charge in [-0.15, -0.1) is 0 Å². The molecule has 1 N–H and O–H groups in total. The number of nitrogens with zero attached hydrogens (tertiary/aromatic N) is 2. The number of rotatable bonds is 5. The van der Waals surface area contributed by atoms with Crippen molar-refractivity contribution >= 4 is 29.3 Å². The second-order valence-electron chi connectivity index (χ2n) is 4.95. The van der Waals surface area contributed by atoms with Crippen molar-refractivity contribution < 1.29 is 38.6 Å². The third kappa shape index (κ3) is 3.32. The monoisotopic (exact) mass is 366 g/mol. The maximum absolute atomic E-state index is 12.2. The van der Waals surface area contributed by atoms with E-state index in [0.29, 0.717) is 0 Å². The number of aromatic carboxylic acids is 1. The smallest absolute Gasteiger partial charge is 0.355 e. The molecule has 0 amide bonds. The molecule has 0 unspecified atom stereocenters. The van der Waals surface area contributed by atoms with Crippen molar-refractivity contribution in [3.8, 4) is 0 Å². The van der Waals surface area contributed by atoms with Crippen LogP contribution < -0.4 is 4.90 Å². The van der Waals surface area contributed by atoms with Gasteiger partial charge in [0.15, 0.2) is 0 Å². The summed E-state index contributed by atoms with van der Waals surface area (Å²) in [6.45, 7) is -0.616. The summed E-state index contributed by atoms with van der Waals surface area (Å²) in [6, 6.07) is 3.56. The Bertz CT molecular complexity index is 815. The average molecular weight is 366 g/mol. The van der Waals surface area contributed by atoms with Gasteiger partial charge in [0, 0.05) is 0 Å². The molecule has 1 aromatic rings. The van der Waals surface area contributed by atoms with E-state index in [9.17, 15) is 29.6 Å². The molecule has 0 spiro atoms. The number of nitro groups is 1. The highest BCUT2D eigenvalue weighted by molar-refractivity contribution is 6.04. The van der Waals surface area contributed by atoms with Crippen LogP contribution in [0, 0.1) is 10.1 Å². The van der Waals surface area contributed by atoms with E-state index in [4.69, 9.17) is 4.74 Å². The van der Waals surface area contributed by atoms with Crippen LogP contribution in [0.4, 0.5) is 11.4 Å². The molecule has 0 aromatic heterocycles. The van der Waals surface area contributed by atoms with Gasteiger partial charge in [-0.2, -0.15) is 0 Å². The Hall–Kier alpha value is -3.47. The Labute approximate surface area is 146 Å². The Kier molecular flexibility index (Phi) is 5.52. The second-order valence-corrected chi connectivity index (χ2v) is 4.95. The number of hydrogen-bond donors (Lipinski definition) is 1. The van der Waals surface area contributed by atoms with Gasteiger partial charge in [-0.05, 0) is 12.1 Å². The molecule has 1 heterocycles. The first-order valence-electron chi connectivity index (χ1n) is 7.09. The van der Waals surface area contributed by atoms with Crippen molar-refractivity contribution in [3.05, 3.63) is 45.1 Å². The predicted octanol–water partition coefficient (Wildman–Crippen LogP) is 0.687. The van der Waals surface area contributed by atoms with Crippen molar-refractivity contribution in [1.29, 1.82) is 0 Å². The molecule has 0 bridgehead atoms. The number of ether oxygens (including phenoxy) is 3. The number of hydrogen-bond acceptors (Lipinski definition) is 9. The molecule has 2 rings (SSSR count). The maximum Gasteiger partial charge on any atom is 0.355 e. The average Bonchev–Trinajstić information content (AvgIpc) is 2.65. The SMILES string of the molecule is COC(=O)C1=C(C(=O)OC)N(c2cccc(C(=O)O)c2[N+](=O)[O-])COC1. The standard InChI is InChI=1S/C15H14N2O9/c1-24-14(20)9-6-26-7-16(12(9)15(21)25-2)10-5-3-4-8(13(18)19)11(10)17(22)23/h3-5H,6-7H2,1-2H3,(H,18,19). The number of esters is 2. The molecule has 11 nitrogen and oxygen atoms in total. The Morgan fingerprint density at radius 3 is 2.42 bits per heavy atom. The van der Waals surface area contributed by atoms with Gasteiger partial charge in [0.25, 0.3) is 0 Å². The minimum absolute atomic E-state index is 0.208. The van der Waals surface area contributed by atoms with Crippen molar-refractivity contribution in [2.75, 3.05) is 32.5 Å². The molecule has 0 saturated carbocycles. The van der Waals surface area contributed by atoms with E-state index in [1.165, 1.54) is 12.1 Å². The Balaban J connectivity index is 2.75. The topological polar surface area (TPSA) is 146 Å². The highest BCUT2D eigenvalue weighted by atomic mass is 16.6. The van der Waals surface area contributed by atoms with Crippen molar-refractivity contribution in [3.63, 3.8) is 0 Å². The molecule has 0 aliphatic carbocycles. The van der Waals surface area contributed by atoms with E-state index in [0.717, 1.165) is 25.2 Å². The highest BCUT2D eigenvalue weighted by Gasteiger charge is 2.37. The predicted molar refractivity (Wildman–Crippen MR) is 84.4 cm³/mol. The van der Waals surface area contributed by atoms with E-state index in [-0.39, 0.29) is 30.3 Å². The van der Waals surface area contributed by atoms with Gasteiger partial charge >= 0.3 is 23.6 Å². The number of carboxylic acids is 1. The van der Waals surface area contributed by atoms with Gasteiger partial charge in [0.05, 0.1) is 31.3 Å².